The van der Waals surface area contributed by atoms with Crippen LogP contribution in [0, 0.1) is 10.6 Å². The number of halogens is 1. The zero-order valence-corrected chi connectivity index (χ0v) is 10.9. The summed E-state index contributed by atoms with van der Waals surface area (Å²) in [6.07, 6.45) is -0.602. The Morgan fingerprint density at radius 2 is 1.89 bits per heavy atom. The van der Waals surface area contributed by atoms with Crippen molar-refractivity contribution in [1.29, 1.82) is 0 Å². The van der Waals surface area contributed by atoms with Gasteiger partial charge in [0.25, 0.3) is 0 Å². The molecule has 0 bridgehead atoms. The largest absolute Gasteiger partial charge is 0.733 e. The molecule has 0 aliphatic carbocycles. The number of anilines is 1. The molecule has 0 aliphatic rings. The maximum atomic E-state index is 13.6. The molecule has 0 spiro atoms. The Morgan fingerprint density at radius 1 is 1.33 bits per heavy atom. The number of rotatable bonds is 5. The van der Waals surface area contributed by atoms with Gasteiger partial charge in [0.15, 0.2) is 0 Å². The summed E-state index contributed by atoms with van der Waals surface area (Å²) in [6, 6.07) is 5.83. The molecule has 0 radical (unpaired) electrons. The van der Waals surface area contributed by atoms with Crippen molar-refractivity contribution in [3.63, 3.8) is 0 Å². The minimum atomic E-state index is -1.03. The van der Waals surface area contributed by atoms with Crippen LogP contribution in [-0.2, 0) is 0 Å². The van der Waals surface area contributed by atoms with Crippen LogP contribution in [0.1, 0.15) is 27.2 Å². The molecule has 102 valence electrons. The number of hydrogen-bond donors (Lipinski definition) is 1. The van der Waals surface area contributed by atoms with E-state index in [9.17, 15) is 9.60 Å². The van der Waals surface area contributed by atoms with Crippen LogP contribution in [0.25, 0.3) is 0 Å². The average Bonchev–Trinajstić information content (AvgIpc) is 2.24. The Hall–Kier alpha value is -1.33. The van der Waals surface area contributed by atoms with Crippen LogP contribution in [0.2, 0.25) is 0 Å². The second kappa shape index (κ2) is 6.02. The van der Waals surface area contributed by atoms with Crippen molar-refractivity contribution in [3.8, 4) is 5.75 Å². The molecule has 1 unspecified atom stereocenters. The number of nitrogens with zero attached hydrogens (tertiary/aromatic N) is 1. The lowest BCUT2D eigenvalue weighted by Crippen LogP contribution is -2.20. The summed E-state index contributed by atoms with van der Waals surface area (Å²) in [6.45, 7) is 5.90. The van der Waals surface area contributed by atoms with Gasteiger partial charge in [-0.05, 0) is 36.1 Å². The first-order valence-corrected chi connectivity index (χ1v) is 5.81. The van der Waals surface area contributed by atoms with E-state index in [-0.39, 0.29) is 22.9 Å². The second-order valence-electron chi connectivity index (χ2n) is 5.44. The first-order chi connectivity index (χ1) is 8.28. The highest BCUT2D eigenvalue weighted by atomic mass is 19.1. The molecule has 4 nitrogen and oxygen atoms in total. The van der Waals surface area contributed by atoms with Crippen molar-refractivity contribution in [2.75, 3.05) is 11.8 Å². The van der Waals surface area contributed by atoms with E-state index in [0.29, 0.717) is 12.2 Å². The molecule has 1 atom stereocenters. The van der Waals surface area contributed by atoms with E-state index in [2.05, 4.69) is 0 Å². The lowest BCUT2D eigenvalue weighted by molar-refractivity contribution is 0.148. The molecular weight excluding hydrogens is 237 g/mol. The Kier molecular flexibility index (Phi) is 4.93. The summed E-state index contributed by atoms with van der Waals surface area (Å²) in [5.74, 6) is 0.470. The molecule has 1 N–H and O–H groups in total. The van der Waals surface area contributed by atoms with Gasteiger partial charge in [-0.3, -0.25) is 5.21 Å². The van der Waals surface area contributed by atoms with Crippen molar-refractivity contribution < 1.29 is 14.3 Å². The molecule has 1 aromatic rings. The Labute approximate surface area is 107 Å². The van der Waals surface area contributed by atoms with E-state index >= 15 is 0 Å². The quantitative estimate of drug-likeness (QED) is 0.819. The van der Waals surface area contributed by atoms with Crippen molar-refractivity contribution in [1.82, 2.24) is 0 Å². The molecule has 0 aliphatic heterocycles. The SMILES string of the molecule is CC(C)(C)CC(F)COc1ccc(N([O-])O)cc1. The van der Waals surface area contributed by atoms with E-state index < -0.39 is 6.17 Å². The smallest absolute Gasteiger partial charge is 0.134 e. The predicted octanol–water partition coefficient (Wildman–Crippen LogP) is 3.53. The summed E-state index contributed by atoms with van der Waals surface area (Å²) in [7, 11) is 0. The fraction of sp³-hybridized carbons (Fsp3) is 0.538. The third-order valence-electron chi connectivity index (χ3n) is 2.32. The molecule has 0 amide bonds. The van der Waals surface area contributed by atoms with Gasteiger partial charge in [0.1, 0.15) is 18.5 Å². The highest BCUT2D eigenvalue weighted by molar-refractivity contribution is 5.47. The Bertz CT molecular complexity index is 359. The number of hydrogen-bond acceptors (Lipinski definition) is 4. The monoisotopic (exact) mass is 256 g/mol. The summed E-state index contributed by atoms with van der Waals surface area (Å²) >= 11 is 0. The van der Waals surface area contributed by atoms with Crippen LogP contribution in [0.15, 0.2) is 24.3 Å². The summed E-state index contributed by atoms with van der Waals surface area (Å²) in [5, 5.41) is 19.0. The third kappa shape index (κ3) is 5.33. The fourth-order valence-electron chi connectivity index (χ4n) is 1.58. The lowest BCUT2D eigenvalue weighted by Gasteiger charge is -2.22. The molecule has 0 saturated carbocycles. The van der Waals surface area contributed by atoms with Crippen molar-refractivity contribution in [2.45, 2.75) is 33.4 Å². The van der Waals surface area contributed by atoms with Crippen molar-refractivity contribution in [3.05, 3.63) is 29.5 Å². The lowest BCUT2D eigenvalue weighted by atomic mass is 9.90. The van der Waals surface area contributed by atoms with Gasteiger partial charge in [0.05, 0.1) is 5.69 Å². The van der Waals surface area contributed by atoms with Crippen LogP contribution >= 0.6 is 0 Å². The Balaban J connectivity index is 2.44. The molecule has 0 fully saturated rings. The summed E-state index contributed by atoms with van der Waals surface area (Å²) in [5.41, 5.74) is 0.0286. The van der Waals surface area contributed by atoms with Gasteiger partial charge in [0, 0.05) is 0 Å². The Morgan fingerprint density at radius 3 is 2.33 bits per heavy atom. The maximum absolute atomic E-state index is 13.6. The standard InChI is InChI=1S/C13H19FNO3/c1-13(2,3)8-10(14)9-18-12-6-4-11(5-7-12)15(16)17/h4-7,10,16H,8-9H2,1-3H3/q-1. The van der Waals surface area contributed by atoms with Gasteiger partial charge < -0.3 is 15.2 Å². The van der Waals surface area contributed by atoms with Crippen LogP contribution in [0.5, 0.6) is 5.75 Å². The molecule has 5 heteroatoms. The van der Waals surface area contributed by atoms with Gasteiger partial charge >= 0.3 is 0 Å². The van der Waals surface area contributed by atoms with Crippen LogP contribution < -0.4 is 9.96 Å². The maximum Gasteiger partial charge on any atom is 0.134 e. The molecule has 1 rings (SSSR count). The predicted molar refractivity (Wildman–Crippen MR) is 68.5 cm³/mol. The summed E-state index contributed by atoms with van der Waals surface area (Å²) < 4.78 is 18.8. The molecule has 0 aromatic heterocycles. The highest BCUT2D eigenvalue weighted by Crippen LogP contribution is 2.23. The average molecular weight is 256 g/mol. The van der Waals surface area contributed by atoms with E-state index in [0.717, 1.165) is 0 Å². The van der Waals surface area contributed by atoms with E-state index in [4.69, 9.17) is 9.94 Å². The zero-order chi connectivity index (χ0) is 13.8. The van der Waals surface area contributed by atoms with Gasteiger partial charge in [0.2, 0.25) is 0 Å². The zero-order valence-electron chi connectivity index (χ0n) is 10.9. The third-order valence-corrected chi connectivity index (χ3v) is 2.32. The number of alkyl halides is 1. The molecule has 1 aromatic carbocycles. The highest BCUT2D eigenvalue weighted by Gasteiger charge is 2.18. The van der Waals surface area contributed by atoms with Crippen LogP contribution in [0.4, 0.5) is 10.1 Å². The van der Waals surface area contributed by atoms with Gasteiger partial charge in [-0.1, -0.05) is 20.8 Å². The first kappa shape index (κ1) is 14.7. The topological polar surface area (TPSA) is 55.8 Å². The van der Waals surface area contributed by atoms with Gasteiger partial charge in [-0.25, -0.2) is 4.39 Å². The normalized spacial score (nSPS) is 13.2. The second-order valence-corrected chi connectivity index (χ2v) is 5.44. The van der Waals surface area contributed by atoms with Crippen LogP contribution in [0.3, 0.4) is 0 Å². The van der Waals surface area contributed by atoms with Crippen molar-refractivity contribution in [2.24, 2.45) is 5.41 Å². The van der Waals surface area contributed by atoms with E-state index in [1.807, 2.05) is 20.8 Å². The van der Waals surface area contributed by atoms with Gasteiger partial charge in [-0.2, -0.15) is 0 Å². The summed E-state index contributed by atoms with van der Waals surface area (Å²) in [4.78, 5) is 0. The van der Waals surface area contributed by atoms with Gasteiger partial charge in [-0.15, -0.1) is 0 Å². The minimum Gasteiger partial charge on any atom is -0.733 e. The number of ether oxygens (including phenoxy) is 1. The first-order valence-electron chi connectivity index (χ1n) is 5.81. The van der Waals surface area contributed by atoms with E-state index in [1.54, 1.807) is 0 Å². The van der Waals surface area contributed by atoms with Crippen molar-refractivity contribution >= 4 is 5.69 Å². The van der Waals surface area contributed by atoms with E-state index in [1.165, 1.54) is 24.3 Å². The molecule has 18 heavy (non-hydrogen) atoms. The minimum absolute atomic E-state index is 0.0170. The molecular formula is C13H19FNO3-. The van der Waals surface area contributed by atoms with Crippen LogP contribution in [-0.4, -0.2) is 18.0 Å². The molecule has 0 saturated heterocycles. The number of benzene rings is 1. The molecule has 0 heterocycles. The fourth-order valence-corrected chi connectivity index (χ4v) is 1.58.